The number of nitrogens with zero attached hydrogens (tertiary/aromatic N) is 1. The first-order valence-electron chi connectivity index (χ1n) is 4.66. The van der Waals surface area contributed by atoms with Crippen LogP contribution in [0.15, 0.2) is 15.6 Å². The summed E-state index contributed by atoms with van der Waals surface area (Å²) >= 11 is 5.88. The average Bonchev–Trinajstić information content (AvgIpc) is 2.12. The Morgan fingerprint density at radius 3 is 2.87 bits per heavy atom. The third kappa shape index (κ3) is 2.89. The van der Waals surface area contributed by atoms with Crippen LogP contribution in [0.4, 0.5) is 0 Å². The Morgan fingerprint density at radius 2 is 2.40 bits per heavy atom. The molecule has 0 aromatic rings. The van der Waals surface area contributed by atoms with Crippen molar-refractivity contribution in [1.29, 1.82) is 0 Å². The van der Waals surface area contributed by atoms with E-state index in [-0.39, 0.29) is 11.6 Å². The number of carbonyl (C=O) groups is 2. The molecule has 0 amide bonds. The lowest BCUT2D eigenvalue weighted by Gasteiger charge is -2.19. The fourth-order valence-corrected chi connectivity index (χ4v) is 1.98. The lowest BCUT2D eigenvalue weighted by Crippen LogP contribution is -2.21. The first-order chi connectivity index (χ1) is 7.06. The van der Waals surface area contributed by atoms with Crippen LogP contribution in [0.3, 0.4) is 0 Å². The molecule has 4 nitrogen and oxygen atoms in total. The number of aliphatic carboxylic acids is 1. The van der Waals surface area contributed by atoms with E-state index in [1.165, 1.54) is 0 Å². The molecule has 1 rings (SSSR count). The minimum absolute atomic E-state index is 0.0641. The maximum atomic E-state index is 10.8. The maximum Gasteiger partial charge on any atom is 0.338 e. The molecule has 0 saturated carbocycles. The van der Waals surface area contributed by atoms with Gasteiger partial charge in [0.2, 0.25) is 0 Å². The van der Waals surface area contributed by atoms with Crippen molar-refractivity contribution >= 4 is 29.6 Å². The van der Waals surface area contributed by atoms with Crippen LogP contribution < -0.4 is 0 Å². The second kappa shape index (κ2) is 5.07. The Labute approximate surface area is 92.6 Å². The van der Waals surface area contributed by atoms with Gasteiger partial charge in [-0.05, 0) is 13.3 Å². The van der Waals surface area contributed by atoms with Crippen molar-refractivity contribution in [2.75, 3.05) is 0 Å². The summed E-state index contributed by atoms with van der Waals surface area (Å²) in [6, 6.07) is -0.0641. The number of rotatable bonds is 4. The predicted molar refractivity (Wildman–Crippen MR) is 57.3 cm³/mol. The molecular formula is C10H12ClNO3. The summed E-state index contributed by atoms with van der Waals surface area (Å²) in [5.74, 6) is -1.05. The molecule has 5 heteroatoms. The van der Waals surface area contributed by atoms with Crippen LogP contribution in [0.5, 0.6) is 0 Å². The number of aldehydes is 1. The largest absolute Gasteiger partial charge is 0.478 e. The summed E-state index contributed by atoms with van der Waals surface area (Å²) in [5, 5.41) is 9.19. The molecule has 0 aromatic carbocycles. The summed E-state index contributed by atoms with van der Waals surface area (Å²) in [6.45, 7) is 1.62. The number of carboxylic acid groups (broad SMARTS) is 1. The Kier molecular flexibility index (Phi) is 4.03. The minimum atomic E-state index is -1.05. The van der Waals surface area contributed by atoms with Crippen LogP contribution in [0, 0.1) is 0 Å². The minimum Gasteiger partial charge on any atom is -0.478 e. The molecule has 1 heterocycles. The molecule has 1 aliphatic rings. The normalized spacial score (nSPS) is 21.2. The molecular weight excluding hydrogens is 218 g/mol. The second-order valence-corrected chi connectivity index (χ2v) is 3.86. The fraction of sp³-hybridized carbons (Fsp3) is 0.500. The number of hydrogen-bond donors (Lipinski definition) is 1. The molecule has 82 valence electrons. The van der Waals surface area contributed by atoms with E-state index < -0.39 is 5.97 Å². The van der Waals surface area contributed by atoms with E-state index in [4.69, 9.17) is 16.7 Å². The maximum absolute atomic E-state index is 10.8. The first-order valence-corrected chi connectivity index (χ1v) is 5.04. The molecule has 0 fully saturated rings. The van der Waals surface area contributed by atoms with Crippen molar-refractivity contribution in [3.05, 3.63) is 10.6 Å². The Morgan fingerprint density at radius 1 is 1.73 bits per heavy atom. The highest BCUT2D eigenvalue weighted by Crippen LogP contribution is 2.26. The standard InChI is InChI=1S/C10H12ClNO3/c1-6-9(10(14)15)8(11)5-7(12-6)3-2-4-13/h4,7H,2-3,5H2,1H3,(H,14,15). The summed E-state index contributed by atoms with van der Waals surface area (Å²) in [4.78, 5) is 25.2. The second-order valence-electron chi connectivity index (χ2n) is 3.40. The summed E-state index contributed by atoms with van der Waals surface area (Å²) in [7, 11) is 0. The van der Waals surface area contributed by atoms with Crippen molar-refractivity contribution in [3.63, 3.8) is 0 Å². The zero-order chi connectivity index (χ0) is 11.4. The van der Waals surface area contributed by atoms with E-state index in [2.05, 4.69) is 4.99 Å². The summed E-state index contributed by atoms with van der Waals surface area (Å²) in [6.07, 6.45) is 2.28. The van der Waals surface area contributed by atoms with E-state index in [1.54, 1.807) is 6.92 Å². The highest BCUT2D eigenvalue weighted by molar-refractivity contribution is 6.36. The zero-order valence-corrected chi connectivity index (χ0v) is 9.12. The van der Waals surface area contributed by atoms with E-state index >= 15 is 0 Å². The van der Waals surface area contributed by atoms with Gasteiger partial charge in [0.25, 0.3) is 0 Å². The smallest absolute Gasteiger partial charge is 0.338 e. The molecule has 1 unspecified atom stereocenters. The SMILES string of the molecule is CC1=NC(CCC=O)CC(Cl)=C1C(=O)O. The monoisotopic (exact) mass is 229 g/mol. The molecule has 1 atom stereocenters. The molecule has 15 heavy (non-hydrogen) atoms. The first kappa shape index (κ1) is 11.9. The summed E-state index contributed by atoms with van der Waals surface area (Å²) in [5.41, 5.74) is 0.536. The van der Waals surface area contributed by atoms with Crippen molar-refractivity contribution in [3.8, 4) is 0 Å². The molecule has 0 radical (unpaired) electrons. The fourth-order valence-electron chi connectivity index (χ4n) is 1.59. The predicted octanol–water partition coefficient (Wildman–Crippen LogP) is 1.78. The molecule has 1 aliphatic heterocycles. The van der Waals surface area contributed by atoms with E-state index in [9.17, 15) is 9.59 Å². The van der Waals surface area contributed by atoms with E-state index in [0.717, 1.165) is 6.29 Å². The van der Waals surface area contributed by atoms with Gasteiger partial charge in [0.1, 0.15) is 6.29 Å². The molecule has 0 spiro atoms. The summed E-state index contributed by atoms with van der Waals surface area (Å²) < 4.78 is 0. The van der Waals surface area contributed by atoms with Crippen molar-refractivity contribution < 1.29 is 14.7 Å². The van der Waals surface area contributed by atoms with Gasteiger partial charge < -0.3 is 9.90 Å². The number of hydrogen-bond acceptors (Lipinski definition) is 3. The van der Waals surface area contributed by atoms with E-state index in [0.29, 0.717) is 30.0 Å². The van der Waals surface area contributed by atoms with E-state index in [1.807, 2.05) is 0 Å². The number of dihydropyridines is 1. The van der Waals surface area contributed by atoms with Crippen LogP contribution in [0.1, 0.15) is 26.2 Å². The quantitative estimate of drug-likeness (QED) is 0.748. The number of carbonyl (C=O) groups excluding carboxylic acids is 1. The van der Waals surface area contributed by atoms with Gasteiger partial charge in [0, 0.05) is 23.6 Å². The molecule has 0 aromatic heterocycles. The Bertz CT molecular complexity index is 347. The van der Waals surface area contributed by atoms with Crippen LogP contribution in [0.2, 0.25) is 0 Å². The number of carboxylic acids is 1. The third-order valence-corrected chi connectivity index (χ3v) is 2.60. The van der Waals surface area contributed by atoms with Crippen molar-refractivity contribution in [2.45, 2.75) is 32.2 Å². The molecule has 0 saturated heterocycles. The van der Waals surface area contributed by atoms with Gasteiger partial charge in [-0.3, -0.25) is 4.99 Å². The average molecular weight is 230 g/mol. The van der Waals surface area contributed by atoms with Crippen LogP contribution in [0.25, 0.3) is 0 Å². The van der Waals surface area contributed by atoms with Crippen LogP contribution >= 0.6 is 11.6 Å². The molecule has 1 N–H and O–H groups in total. The van der Waals surface area contributed by atoms with Crippen LogP contribution in [-0.2, 0) is 9.59 Å². The van der Waals surface area contributed by atoms with Gasteiger partial charge in [0.15, 0.2) is 0 Å². The lowest BCUT2D eigenvalue weighted by molar-refractivity contribution is -0.132. The number of halogens is 1. The van der Waals surface area contributed by atoms with Gasteiger partial charge in [-0.1, -0.05) is 11.6 Å². The third-order valence-electron chi connectivity index (χ3n) is 2.26. The van der Waals surface area contributed by atoms with Gasteiger partial charge in [-0.15, -0.1) is 0 Å². The van der Waals surface area contributed by atoms with Crippen LogP contribution in [-0.4, -0.2) is 29.1 Å². The topological polar surface area (TPSA) is 66.7 Å². The lowest BCUT2D eigenvalue weighted by atomic mass is 10.00. The van der Waals surface area contributed by atoms with Crippen molar-refractivity contribution in [1.82, 2.24) is 0 Å². The van der Waals surface area contributed by atoms with Gasteiger partial charge >= 0.3 is 5.97 Å². The van der Waals surface area contributed by atoms with Crippen molar-refractivity contribution in [2.24, 2.45) is 4.99 Å². The highest BCUT2D eigenvalue weighted by atomic mass is 35.5. The Hall–Kier alpha value is -1.16. The van der Waals surface area contributed by atoms with Gasteiger partial charge in [-0.2, -0.15) is 0 Å². The molecule has 0 aliphatic carbocycles. The molecule has 0 bridgehead atoms. The highest BCUT2D eigenvalue weighted by Gasteiger charge is 2.24. The zero-order valence-electron chi connectivity index (χ0n) is 8.36. The van der Waals surface area contributed by atoms with Gasteiger partial charge in [0.05, 0.1) is 11.6 Å². The van der Waals surface area contributed by atoms with Gasteiger partial charge in [-0.25, -0.2) is 4.79 Å². The Balaban J connectivity index is 2.79. The number of aliphatic imine (C=N–C) groups is 1.